The number of aliphatic hydroxyl groups excluding tert-OH is 1. The Morgan fingerprint density at radius 2 is 0.933 bits per heavy atom. The number of carbonyl (C=O) groups excluding carboxylic acids is 1. The molecule has 1 N–H and O–H groups in total. The van der Waals surface area contributed by atoms with E-state index in [0.29, 0.717) is 13.0 Å². The topological polar surface area (TPSA) is 55.8 Å². The van der Waals surface area contributed by atoms with Gasteiger partial charge in [-0.2, -0.15) is 0 Å². The lowest BCUT2D eigenvalue weighted by Gasteiger charge is -2.15. The third-order valence-corrected chi connectivity index (χ3v) is 7.22. The maximum absolute atomic E-state index is 12.1. The van der Waals surface area contributed by atoms with Crippen LogP contribution in [0.5, 0.6) is 0 Å². The molecule has 0 aromatic carbocycles. The van der Waals surface area contributed by atoms with Crippen molar-refractivity contribution in [2.75, 3.05) is 19.8 Å². The number of allylic oxidation sites excluding steroid dienone is 14. The summed E-state index contributed by atoms with van der Waals surface area (Å²) in [6.07, 6.45) is 51.9. The molecule has 0 aromatic rings. The second kappa shape index (κ2) is 37.8. The van der Waals surface area contributed by atoms with E-state index in [-0.39, 0.29) is 19.2 Å². The molecule has 0 aliphatic rings. The zero-order valence-corrected chi connectivity index (χ0v) is 29.1. The van der Waals surface area contributed by atoms with Crippen LogP contribution >= 0.6 is 0 Å². The van der Waals surface area contributed by atoms with Crippen molar-refractivity contribution in [1.82, 2.24) is 0 Å². The Hall–Kier alpha value is -2.43. The van der Waals surface area contributed by atoms with Crippen LogP contribution in [0.25, 0.3) is 0 Å². The van der Waals surface area contributed by atoms with Crippen LogP contribution in [0, 0.1) is 0 Å². The molecule has 4 nitrogen and oxygen atoms in total. The molecule has 0 radical (unpaired) electrons. The molecule has 0 spiro atoms. The van der Waals surface area contributed by atoms with Crippen molar-refractivity contribution in [3.8, 4) is 0 Å². The van der Waals surface area contributed by atoms with Crippen molar-refractivity contribution in [2.45, 2.75) is 148 Å². The van der Waals surface area contributed by atoms with Gasteiger partial charge in [-0.1, -0.05) is 137 Å². The first-order chi connectivity index (χ1) is 22.2. The molecule has 0 rings (SSSR count). The highest BCUT2D eigenvalue weighted by Crippen LogP contribution is 2.10. The SMILES string of the molecule is CC/C=C\C/C=C\C/C=C\C/C=C\CCCCCCCOCC(CO)OC(=O)CCCCCCC/C=C\C/C=C\C/C=C\CC. The van der Waals surface area contributed by atoms with Gasteiger partial charge in [-0.25, -0.2) is 0 Å². The molecule has 45 heavy (non-hydrogen) atoms. The van der Waals surface area contributed by atoms with Gasteiger partial charge in [0, 0.05) is 13.0 Å². The predicted octanol–water partition coefficient (Wildman–Crippen LogP) is 11.6. The van der Waals surface area contributed by atoms with E-state index >= 15 is 0 Å². The fraction of sp³-hybridized carbons (Fsp3) is 0.634. The zero-order chi connectivity index (χ0) is 32.7. The minimum absolute atomic E-state index is 0.192. The molecule has 1 atom stereocenters. The van der Waals surface area contributed by atoms with Gasteiger partial charge in [0.05, 0.1) is 13.2 Å². The summed E-state index contributed by atoms with van der Waals surface area (Å²) in [5.41, 5.74) is 0. The molecule has 0 heterocycles. The number of hydrogen-bond donors (Lipinski definition) is 1. The lowest BCUT2D eigenvalue weighted by atomic mass is 10.1. The summed E-state index contributed by atoms with van der Waals surface area (Å²) < 4.78 is 11.1. The summed E-state index contributed by atoms with van der Waals surface area (Å²) in [6, 6.07) is 0. The van der Waals surface area contributed by atoms with Gasteiger partial charge >= 0.3 is 5.97 Å². The van der Waals surface area contributed by atoms with E-state index in [1.165, 1.54) is 32.1 Å². The summed E-state index contributed by atoms with van der Waals surface area (Å²) in [5.74, 6) is -0.230. The Morgan fingerprint density at radius 3 is 1.40 bits per heavy atom. The maximum atomic E-state index is 12.1. The van der Waals surface area contributed by atoms with Crippen LogP contribution < -0.4 is 0 Å². The first-order valence-electron chi connectivity index (χ1n) is 18.2. The van der Waals surface area contributed by atoms with E-state index in [4.69, 9.17) is 9.47 Å². The van der Waals surface area contributed by atoms with Gasteiger partial charge < -0.3 is 14.6 Å². The second-order valence-electron chi connectivity index (χ2n) is 11.5. The Bertz CT molecular complexity index is 830. The van der Waals surface area contributed by atoms with E-state index in [1.54, 1.807) is 0 Å². The molecule has 0 saturated heterocycles. The van der Waals surface area contributed by atoms with Crippen LogP contribution in [0.1, 0.15) is 142 Å². The van der Waals surface area contributed by atoms with Crippen LogP contribution in [0.2, 0.25) is 0 Å². The minimum atomic E-state index is -0.557. The molecule has 0 fully saturated rings. The Labute approximate surface area is 278 Å². The maximum Gasteiger partial charge on any atom is 0.306 e. The number of esters is 1. The molecule has 0 aromatic heterocycles. The second-order valence-corrected chi connectivity index (χ2v) is 11.5. The molecule has 0 bridgehead atoms. The summed E-state index contributed by atoms with van der Waals surface area (Å²) in [6.45, 7) is 5.04. The largest absolute Gasteiger partial charge is 0.457 e. The number of rotatable bonds is 32. The quantitative estimate of drug-likeness (QED) is 0.0459. The van der Waals surface area contributed by atoms with E-state index in [9.17, 15) is 9.90 Å². The fourth-order valence-electron chi connectivity index (χ4n) is 4.57. The van der Waals surface area contributed by atoms with Crippen LogP contribution in [0.4, 0.5) is 0 Å². The number of unbranched alkanes of at least 4 members (excludes halogenated alkanes) is 10. The lowest BCUT2D eigenvalue weighted by molar-refractivity contribution is -0.154. The lowest BCUT2D eigenvalue weighted by Crippen LogP contribution is -2.27. The monoisotopic (exact) mass is 625 g/mol. The summed E-state index contributed by atoms with van der Waals surface area (Å²) in [5, 5.41) is 9.55. The zero-order valence-electron chi connectivity index (χ0n) is 29.1. The molecule has 0 aliphatic heterocycles. The molecule has 0 aliphatic carbocycles. The highest BCUT2D eigenvalue weighted by Gasteiger charge is 2.13. The number of carbonyl (C=O) groups is 1. The molecule has 0 amide bonds. The van der Waals surface area contributed by atoms with Gasteiger partial charge in [0.15, 0.2) is 0 Å². The van der Waals surface area contributed by atoms with Crippen LogP contribution in [-0.2, 0) is 14.3 Å². The van der Waals surface area contributed by atoms with Crippen LogP contribution in [0.15, 0.2) is 85.1 Å². The molecule has 256 valence electrons. The van der Waals surface area contributed by atoms with Crippen molar-refractivity contribution in [2.24, 2.45) is 0 Å². The van der Waals surface area contributed by atoms with E-state index in [0.717, 1.165) is 89.9 Å². The average Bonchev–Trinajstić information content (AvgIpc) is 3.05. The van der Waals surface area contributed by atoms with E-state index < -0.39 is 6.10 Å². The first-order valence-corrected chi connectivity index (χ1v) is 18.2. The number of ether oxygens (including phenoxy) is 2. The van der Waals surface area contributed by atoms with Crippen molar-refractivity contribution in [3.05, 3.63) is 85.1 Å². The van der Waals surface area contributed by atoms with Crippen molar-refractivity contribution < 1.29 is 19.4 Å². The summed E-state index contributed by atoms with van der Waals surface area (Å²) in [4.78, 5) is 12.1. The minimum Gasteiger partial charge on any atom is -0.457 e. The Morgan fingerprint density at radius 1 is 0.533 bits per heavy atom. The molecule has 0 saturated carbocycles. The molecular formula is C41H68O4. The highest BCUT2D eigenvalue weighted by atomic mass is 16.6. The van der Waals surface area contributed by atoms with Crippen molar-refractivity contribution >= 4 is 5.97 Å². The predicted molar refractivity (Wildman–Crippen MR) is 195 cm³/mol. The van der Waals surface area contributed by atoms with Gasteiger partial charge in [-0.05, 0) is 83.5 Å². The Kier molecular flexibility index (Phi) is 35.7. The fourth-order valence-corrected chi connectivity index (χ4v) is 4.57. The van der Waals surface area contributed by atoms with E-state index in [2.05, 4.69) is 98.9 Å². The van der Waals surface area contributed by atoms with Gasteiger partial charge in [-0.3, -0.25) is 4.79 Å². The standard InChI is InChI=1S/C41H68O4/c1-3-5-7-9-11-13-15-17-19-20-21-23-25-27-29-31-33-35-37-44-39-40(38-42)45-41(43)36-34-32-30-28-26-24-22-18-16-14-12-10-8-6-4-2/h5-8,11-14,17-19,21-23,40,42H,3-4,9-10,15-16,20,24-39H2,1-2H3/b7-5-,8-6-,13-11-,14-12-,19-17-,22-18-,23-21-. The average molecular weight is 625 g/mol. The number of aliphatic hydroxyl groups is 1. The highest BCUT2D eigenvalue weighted by molar-refractivity contribution is 5.69. The van der Waals surface area contributed by atoms with Crippen molar-refractivity contribution in [1.29, 1.82) is 0 Å². The number of hydrogen-bond acceptors (Lipinski definition) is 4. The van der Waals surface area contributed by atoms with Gasteiger partial charge in [0.25, 0.3) is 0 Å². The van der Waals surface area contributed by atoms with E-state index in [1.807, 2.05) is 0 Å². The molecular weight excluding hydrogens is 556 g/mol. The van der Waals surface area contributed by atoms with Crippen molar-refractivity contribution in [3.63, 3.8) is 0 Å². The normalized spacial score (nSPS) is 13.4. The third-order valence-electron chi connectivity index (χ3n) is 7.22. The Balaban J connectivity index is 3.56. The molecule has 1 unspecified atom stereocenters. The van der Waals surface area contributed by atoms with Gasteiger partial charge in [-0.15, -0.1) is 0 Å². The third kappa shape index (κ3) is 35.9. The summed E-state index contributed by atoms with van der Waals surface area (Å²) >= 11 is 0. The van der Waals surface area contributed by atoms with Crippen LogP contribution in [0.3, 0.4) is 0 Å². The van der Waals surface area contributed by atoms with Gasteiger partial charge in [0.1, 0.15) is 6.10 Å². The van der Waals surface area contributed by atoms with Gasteiger partial charge in [0.2, 0.25) is 0 Å². The van der Waals surface area contributed by atoms with Crippen LogP contribution in [-0.4, -0.2) is 37.0 Å². The summed E-state index contributed by atoms with van der Waals surface area (Å²) in [7, 11) is 0. The first kappa shape index (κ1) is 42.6. The molecule has 4 heteroatoms. The smallest absolute Gasteiger partial charge is 0.306 e.